The smallest absolute Gasteiger partial charge is 0.187 e. The number of pyridine rings is 1. The quantitative estimate of drug-likeness (QED) is 0.402. The van der Waals surface area contributed by atoms with Gasteiger partial charge in [-0.05, 0) is 42.1 Å². The fourth-order valence-corrected chi connectivity index (χ4v) is 4.13. The summed E-state index contributed by atoms with van der Waals surface area (Å²) in [6, 6.07) is 8.14. The first kappa shape index (κ1) is 18.9. The maximum atomic E-state index is 4.51. The van der Waals surface area contributed by atoms with E-state index in [1.165, 1.54) is 0 Å². The monoisotopic (exact) mass is 403 g/mol. The molecule has 0 radical (unpaired) electrons. The third-order valence-corrected chi connectivity index (χ3v) is 5.62. The standard InChI is InChI=1S/C21H21N7S/c1-14-7-10-19(22-2)26-28(14)21(23-3)29-18-9-8-17-16(6-5-11-24-17)20(18)15-12-25-27(4)13-15/h5-13H,1H2,2-4H3,(H,22,26). The van der Waals surface area contributed by atoms with Gasteiger partial charge in [0.05, 0.1) is 17.4 Å². The van der Waals surface area contributed by atoms with Crippen molar-refractivity contribution in [3.05, 3.63) is 67.3 Å². The SMILES string of the molecule is C=C1C=CC(=NC)NN1C(=NC)Sc1ccc2ncccc2c1-c1cnn(C)c1. The molecule has 146 valence electrons. The zero-order chi connectivity index (χ0) is 20.4. The fraction of sp³-hybridized carbons (Fsp3) is 0.143. The Balaban J connectivity index is 1.80. The normalized spacial score (nSPS) is 16.0. The van der Waals surface area contributed by atoms with Gasteiger partial charge in [-0.25, -0.2) is 5.01 Å². The summed E-state index contributed by atoms with van der Waals surface area (Å²) in [5.41, 5.74) is 7.08. The van der Waals surface area contributed by atoms with E-state index in [4.69, 9.17) is 0 Å². The van der Waals surface area contributed by atoms with Gasteiger partial charge in [0.1, 0.15) is 5.84 Å². The number of allylic oxidation sites excluding steroid dienone is 1. The highest BCUT2D eigenvalue weighted by Crippen LogP contribution is 2.38. The van der Waals surface area contributed by atoms with E-state index < -0.39 is 0 Å². The van der Waals surface area contributed by atoms with Crippen molar-refractivity contribution in [2.24, 2.45) is 17.0 Å². The van der Waals surface area contributed by atoms with Crippen LogP contribution in [-0.2, 0) is 7.05 Å². The zero-order valence-electron chi connectivity index (χ0n) is 16.5. The van der Waals surface area contributed by atoms with E-state index in [1.807, 2.05) is 48.7 Å². The van der Waals surface area contributed by atoms with Gasteiger partial charge in [-0.1, -0.05) is 12.6 Å². The van der Waals surface area contributed by atoms with Crippen molar-refractivity contribution in [3.63, 3.8) is 0 Å². The number of thioether (sulfide) groups is 1. The number of hydrogen-bond acceptors (Lipinski definition) is 5. The Hall–Kier alpha value is -3.39. The number of nitrogens with one attached hydrogen (secondary N) is 1. The van der Waals surface area contributed by atoms with Gasteiger partial charge in [-0.15, -0.1) is 0 Å². The molecule has 3 heterocycles. The summed E-state index contributed by atoms with van der Waals surface area (Å²) in [5.74, 6) is 0.745. The van der Waals surface area contributed by atoms with Crippen LogP contribution in [0.2, 0.25) is 0 Å². The molecule has 1 aromatic carbocycles. The third kappa shape index (κ3) is 3.66. The van der Waals surface area contributed by atoms with E-state index in [0.29, 0.717) is 0 Å². The lowest BCUT2D eigenvalue weighted by atomic mass is 10.0. The number of fused-ring (bicyclic) bond motifs is 1. The van der Waals surface area contributed by atoms with E-state index in [-0.39, 0.29) is 0 Å². The molecule has 0 amide bonds. The summed E-state index contributed by atoms with van der Waals surface area (Å²) in [6.07, 6.45) is 9.49. The van der Waals surface area contributed by atoms with Crippen LogP contribution in [0.5, 0.6) is 0 Å². The number of rotatable bonds is 2. The van der Waals surface area contributed by atoms with E-state index in [2.05, 4.69) is 44.2 Å². The number of hydrazine groups is 1. The molecule has 0 aliphatic carbocycles. The Morgan fingerprint density at radius 3 is 2.79 bits per heavy atom. The Morgan fingerprint density at radius 1 is 1.21 bits per heavy atom. The van der Waals surface area contributed by atoms with Crippen LogP contribution in [0.3, 0.4) is 0 Å². The number of aliphatic imine (C=N–C) groups is 2. The Labute approximate surface area is 173 Å². The van der Waals surface area contributed by atoms with E-state index in [9.17, 15) is 0 Å². The molecule has 3 aromatic rings. The molecule has 0 saturated carbocycles. The van der Waals surface area contributed by atoms with Crippen LogP contribution in [0.1, 0.15) is 0 Å². The fourth-order valence-electron chi connectivity index (χ4n) is 3.12. The van der Waals surface area contributed by atoms with Crippen LogP contribution in [0.4, 0.5) is 0 Å². The predicted molar refractivity (Wildman–Crippen MR) is 120 cm³/mol. The lowest BCUT2D eigenvalue weighted by Gasteiger charge is -2.30. The number of amidine groups is 2. The van der Waals surface area contributed by atoms with E-state index >= 15 is 0 Å². The van der Waals surface area contributed by atoms with Gasteiger partial charge in [-0.2, -0.15) is 5.10 Å². The molecule has 4 rings (SSSR count). The van der Waals surface area contributed by atoms with Gasteiger partial charge in [0.25, 0.3) is 0 Å². The summed E-state index contributed by atoms with van der Waals surface area (Å²) in [7, 11) is 5.43. The van der Waals surface area contributed by atoms with Crippen LogP contribution < -0.4 is 5.43 Å². The average Bonchev–Trinajstić information content (AvgIpc) is 3.18. The van der Waals surface area contributed by atoms with Crippen LogP contribution >= 0.6 is 11.8 Å². The highest BCUT2D eigenvalue weighted by Gasteiger charge is 2.21. The Morgan fingerprint density at radius 2 is 2.07 bits per heavy atom. The first-order valence-electron chi connectivity index (χ1n) is 9.02. The molecule has 0 fully saturated rings. The van der Waals surface area contributed by atoms with Gasteiger partial charge < -0.3 is 0 Å². The van der Waals surface area contributed by atoms with Crippen molar-refractivity contribution < 1.29 is 0 Å². The Kier molecular flexibility index (Phi) is 5.18. The van der Waals surface area contributed by atoms with Crippen molar-refractivity contribution >= 4 is 33.7 Å². The van der Waals surface area contributed by atoms with Crippen LogP contribution in [-0.4, -0.2) is 44.9 Å². The minimum Gasteiger partial charge on any atom is -0.275 e. The molecule has 29 heavy (non-hydrogen) atoms. The second-order valence-electron chi connectivity index (χ2n) is 6.40. The lowest BCUT2D eigenvalue weighted by Crippen LogP contribution is -2.45. The van der Waals surface area contributed by atoms with Crippen LogP contribution in [0.25, 0.3) is 22.0 Å². The molecule has 0 bridgehead atoms. The minimum absolute atomic E-state index is 0.745. The summed E-state index contributed by atoms with van der Waals surface area (Å²) in [6.45, 7) is 4.11. The average molecular weight is 404 g/mol. The highest BCUT2D eigenvalue weighted by molar-refractivity contribution is 8.14. The van der Waals surface area contributed by atoms with Gasteiger partial charge in [0.2, 0.25) is 0 Å². The minimum atomic E-state index is 0.745. The van der Waals surface area contributed by atoms with E-state index in [0.717, 1.165) is 43.6 Å². The first-order valence-corrected chi connectivity index (χ1v) is 9.84. The molecule has 8 heteroatoms. The molecular formula is C21H21N7S. The molecule has 0 unspecified atom stereocenters. The molecule has 0 atom stereocenters. The van der Waals surface area contributed by atoms with E-state index in [1.54, 1.807) is 36.7 Å². The maximum Gasteiger partial charge on any atom is 0.187 e. The van der Waals surface area contributed by atoms with Gasteiger partial charge >= 0.3 is 0 Å². The second kappa shape index (κ2) is 7.92. The molecule has 7 nitrogen and oxygen atoms in total. The summed E-state index contributed by atoms with van der Waals surface area (Å²) >= 11 is 1.56. The second-order valence-corrected chi connectivity index (χ2v) is 7.41. The van der Waals surface area contributed by atoms with Crippen LogP contribution in [0, 0.1) is 0 Å². The topological polar surface area (TPSA) is 70.7 Å². The third-order valence-electron chi connectivity index (χ3n) is 4.51. The maximum absolute atomic E-state index is 4.51. The lowest BCUT2D eigenvalue weighted by molar-refractivity contribution is 0.483. The summed E-state index contributed by atoms with van der Waals surface area (Å²) < 4.78 is 1.80. The first-order chi connectivity index (χ1) is 14.1. The van der Waals surface area contributed by atoms with Crippen molar-refractivity contribution in [1.82, 2.24) is 25.2 Å². The molecule has 1 aliphatic heterocycles. The van der Waals surface area contributed by atoms with Crippen molar-refractivity contribution in [1.29, 1.82) is 0 Å². The highest BCUT2D eigenvalue weighted by atomic mass is 32.2. The largest absolute Gasteiger partial charge is 0.275 e. The van der Waals surface area contributed by atoms with Gasteiger partial charge in [-0.3, -0.25) is 25.1 Å². The number of aromatic nitrogens is 3. The zero-order valence-corrected chi connectivity index (χ0v) is 17.3. The van der Waals surface area contributed by atoms with Gasteiger partial charge in [0.15, 0.2) is 5.17 Å². The molecule has 0 saturated heterocycles. The van der Waals surface area contributed by atoms with Crippen molar-refractivity contribution in [2.45, 2.75) is 4.90 Å². The number of benzene rings is 1. The molecule has 2 aromatic heterocycles. The number of hydrogen-bond donors (Lipinski definition) is 1. The van der Waals surface area contributed by atoms with Crippen molar-refractivity contribution in [3.8, 4) is 11.1 Å². The molecule has 1 N–H and O–H groups in total. The molecular weight excluding hydrogens is 382 g/mol. The summed E-state index contributed by atoms with van der Waals surface area (Å²) in [5, 5.41) is 8.03. The number of aryl methyl sites for hydroxylation is 1. The predicted octanol–water partition coefficient (Wildman–Crippen LogP) is 3.63. The van der Waals surface area contributed by atoms with Crippen molar-refractivity contribution in [2.75, 3.05) is 14.1 Å². The van der Waals surface area contributed by atoms with Crippen LogP contribution in [0.15, 0.2) is 82.2 Å². The summed E-state index contributed by atoms with van der Waals surface area (Å²) in [4.78, 5) is 14.3. The Bertz CT molecular complexity index is 1170. The number of nitrogens with zero attached hydrogens (tertiary/aromatic N) is 6. The van der Waals surface area contributed by atoms with Gasteiger partial charge in [0, 0.05) is 54.9 Å². The molecule has 0 spiro atoms. The molecule has 1 aliphatic rings.